The molecule has 1 atom stereocenters. The number of piperidine rings is 1. The minimum Gasteiger partial charge on any atom is -0.353 e. The molecular formula is C14H22N4. The molecule has 0 aromatic carbocycles. The van der Waals surface area contributed by atoms with E-state index in [2.05, 4.69) is 14.9 Å². The Morgan fingerprint density at radius 2 is 2.17 bits per heavy atom. The second-order valence-corrected chi connectivity index (χ2v) is 5.40. The number of hydrogen-bond acceptors (Lipinski definition) is 4. The zero-order valence-electron chi connectivity index (χ0n) is 10.9. The molecule has 2 heterocycles. The molecule has 0 spiro atoms. The number of anilines is 1. The van der Waals surface area contributed by atoms with Crippen LogP contribution in [0.4, 0.5) is 5.82 Å². The topological polar surface area (TPSA) is 55.0 Å². The van der Waals surface area contributed by atoms with Crippen LogP contribution in [0.5, 0.6) is 0 Å². The highest BCUT2D eigenvalue weighted by molar-refractivity contribution is 5.51. The number of hydrogen-bond donors (Lipinski definition) is 1. The van der Waals surface area contributed by atoms with Gasteiger partial charge in [0.05, 0.1) is 0 Å². The fourth-order valence-corrected chi connectivity index (χ4v) is 3.36. The Labute approximate surface area is 109 Å². The van der Waals surface area contributed by atoms with Gasteiger partial charge in [-0.15, -0.1) is 0 Å². The molecular weight excluding hydrogens is 224 g/mol. The number of aromatic nitrogens is 2. The van der Waals surface area contributed by atoms with E-state index in [-0.39, 0.29) is 0 Å². The third-order valence-corrected chi connectivity index (χ3v) is 4.25. The minimum atomic E-state index is 0.586. The Hall–Kier alpha value is -1.16. The van der Waals surface area contributed by atoms with Crippen molar-refractivity contribution in [3.05, 3.63) is 17.6 Å². The van der Waals surface area contributed by atoms with E-state index in [4.69, 9.17) is 5.73 Å². The second-order valence-electron chi connectivity index (χ2n) is 5.40. The van der Waals surface area contributed by atoms with Gasteiger partial charge >= 0.3 is 0 Å². The number of nitrogens with zero attached hydrogens (tertiary/aromatic N) is 3. The lowest BCUT2D eigenvalue weighted by Gasteiger charge is -2.37. The zero-order valence-corrected chi connectivity index (χ0v) is 10.9. The molecule has 1 fully saturated rings. The van der Waals surface area contributed by atoms with Crippen LogP contribution in [-0.4, -0.2) is 29.1 Å². The van der Waals surface area contributed by atoms with Gasteiger partial charge in [-0.25, -0.2) is 9.97 Å². The molecule has 0 saturated carbocycles. The van der Waals surface area contributed by atoms with Gasteiger partial charge in [-0.05, 0) is 51.5 Å². The molecule has 1 unspecified atom stereocenters. The van der Waals surface area contributed by atoms with Crippen molar-refractivity contribution in [3.63, 3.8) is 0 Å². The highest BCUT2D eigenvalue weighted by atomic mass is 15.2. The van der Waals surface area contributed by atoms with Crippen LogP contribution < -0.4 is 10.6 Å². The van der Waals surface area contributed by atoms with E-state index in [0.29, 0.717) is 6.04 Å². The first-order valence-corrected chi connectivity index (χ1v) is 7.19. The Balaban J connectivity index is 1.90. The largest absolute Gasteiger partial charge is 0.353 e. The van der Waals surface area contributed by atoms with E-state index in [1.165, 1.54) is 42.8 Å². The summed E-state index contributed by atoms with van der Waals surface area (Å²) in [5.41, 5.74) is 8.43. The predicted molar refractivity (Wildman–Crippen MR) is 72.7 cm³/mol. The van der Waals surface area contributed by atoms with E-state index in [9.17, 15) is 0 Å². The van der Waals surface area contributed by atoms with Crippen LogP contribution >= 0.6 is 0 Å². The number of rotatable bonds is 3. The van der Waals surface area contributed by atoms with Crippen LogP contribution in [0.3, 0.4) is 0 Å². The van der Waals surface area contributed by atoms with Gasteiger partial charge in [0.2, 0.25) is 0 Å². The normalized spacial score (nSPS) is 23.2. The molecule has 18 heavy (non-hydrogen) atoms. The van der Waals surface area contributed by atoms with Gasteiger partial charge in [0, 0.05) is 23.8 Å². The summed E-state index contributed by atoms with van der Waals surface area (Å²) in [5, 5.41) is 0. The lowest BCUT2D eigenvalue weighted by atomic mass is 9.98. The smallest absolute Gasteiger partial charge is 0.135 e. The summed E-state index contributed by atoms with van der Waals surface area (Å²) in [6.07, 6.45) is 10.2. The molecule has 4 nitrogen and oxygen atoms in total. The summed E-state index contributed by atoms with van der Waals surface area (Å²) in [4.78, 5) is 11.5. The molecule has 0 bridgehead atoms. The molecule has 1 aliphatic carbocycles. The monoisotopic (exact) mass is 246 g/mol. The summed E-state index contributed by atoms with van der Waals surface area (Å²) in [5.74, 6) is 1.20. The van der Waals surface area contributed by atoms with E-state index in [1.54, 1.807) is 6.33 Å². The molecule has 98 valence electrons. The predicted octanol–water partition coefficient (Wildman–Crippen LogP) is 1.67. The van der Waals surface area contributed by atoms with Crippen LogP contribution in [0.25, 0.3) is 0 Å². The standard InChI is InChI=1S/C14H22N4/c15-8-7-11-4-1-2-9-18(11)14-12-5-3-6-13(12)16-10-17-14/h10-11H,1-9,15H2. The van der Waals surface area contributed by atoms with E-state index < -0.39 is 0 Å². The van der Waals surface area contributed by atoms with Crippen LogP contribution in [0.1, 0.15) is 43.4 Å². The number of nitrogens with two attached hydrogens (primary N) is 1. The lowest BCUT2D eigenvalue weighted by molar-refractivity contribution is 0.437. The fourth-order valence-electron chi connectivity index (χ4n) is 3.36. The molecule has 0 radical (unpaired) electrons. The van der Waals surface area contributed by atoms with Crippen molar-refractivity contribution in [2.24, 2.45) is 5.73 Å². The van der Waals surface area contributed by atoms with E-state index >= 15 is 0 Å². The van der Waals surface area contributed by atoms with Gasteiger partial charge in [0.15, 0.2) is 0 Å². The number of fused-ring (bicyclic) bond motifs is 1. The molecule has 1 aliphatic heterocycles. The average molecular weight is 246 g/mol. The Morgan fingerprint density at radius 3 is 3.06 bits per heavy atom. The molecule has 4 heteroatoms. The van der Waals surface area contributed by atoms with Gasteiger partial charge in [-0.3, -0.25) is 0 Å². The van der Waals surface area contributed by atoms with Gasteiger partial charge in [0.25, 0.3) is 0 Å². The third kappa shape index (κ3) is 2.09. The SMILES string of the molecule is NCCC1CCCCN1c1ncnc2c1CCC2. The molecule has 1 aromatic rings. The molecule has 0 amide bonds. The lowest BCUT2D eigenvalue weighted by Crippen LogP contribution is -2.41. The van der Waals surface area contributed by atoms with Crippen LogP contribution in [-0.2, 0) is 12.8 Å². The van der Waals surface area contributed by atoms with Crippen LogP contribution in [0, 0.1) is 0 Å². The fraction of sp³-hybridized carbons (Fsp3) is 0.714. The first-order valence-electron chi connectivity index (χ1n) is 7.19. The maximum atomic E-state index is 5.75. The summed E-state index contributed by atoms with van der Waals surface area (Å²) < 4.78 is 0. The molecule has 1 saturated heterocycles. The van der Waals surface area contributed by atoms with Crippen molar-refractivity contribution < 1.29 is 0 Å². The Kier molecular flexibility index (Phi) is 3.46. The highest BCUT2D eigenvalue weighted by Crippen LogP contribution is 2.32. The first kappa shape index (κ1) is 11.9. The highest BCUT2D eigenvalue weighted by Gasteiger charge is 2.27. The van der Waals surface area contributed by atoms with E-state index in [1.807, 2.05) is 0 Å². The van der Waals surface area contributed by atoms with Gasteiger partial charge in [-0.1, -0.05) is 0 Å². The summed E-state index contributed by atoms with van der Waals surface area (Å²) in [6.45, 7) is 1.91. The maximum Gasteiger partial charge on any atom is 0.135 e. The van der Waals surface area contributed by atoms with Crippen LogP contribution in [0.15, 0.2) is 6.33 Å². The summed E-state index contributed by atoms with van der Waals surface area (Å²) >= 11 is 0. The molecule has 3 rings (SSSR count). The summed E-state index contributed by atoms with van der Waals surface area (Å²) in [7, 11) is 0. The quantitative estimate of drug-likeness (QED) is 0.881. The van der Waals surface area contributed by atoms with Gasteiger partial charge in [0.1, 0.15) is 12.1 Å². The Bertz CT molecular complexity index is 416. The van der Waals surface area contributed by atoms with Crippen molar-refractivity contribution >= 4 is 5.82 Å². The summed E-state index contributed by atoms with van der Waals surface area (Å²) in [6, 6.07) is 0.586. The van der Waals surface area contributed by atoms with E-state index in [0.717, 1.165) is 32.4 Å². The van der Waals surface area contributed by atoms with Crippen molar-refractivity contribution in [1.29, 1.82) is 0 Å². The van der Waals surface area contributed by atoms with Crippen molar-refractivity contribution in [2.75, 3.05) is 18.0 Å². The molecule has 1 aromatic heterocycles. The third-order valence-electron chi connectivity index (χ3n) is 4.25. The molecule has 2 N–H and O–H groups in total. The van der Waals surface area contributed by atoms with Gasteiger partial charge in [-0.2, -0.15) is 0 Å². The molecule has 2 aliphatic rings. The number of aryl methyl sites for hydroxylation is 1. The average Bonchev–Trinajstić information content (AvgIpc) is 2.88. The zero-order chi connectivity index (χ0) is 12.4. The van der Waals surface area contributed by atoms with Crippen molar-refractivity contribution in [3.8, 4) is 0 Å². The maximum absolute atomic E-state index is 5.75. The second kappa shape index (κ2) is 5.22. The van der Waals surface area contributed by atoms with Crippen molar-refractivity contribution in [1.82, 2.24) is 9.97 Å². The minimum absolute atomic E-state index is 0.586. The first-order chi connectivity index (χ1) is 8.90. The van der Waals surface area contributed by atoms with Crippen LogP contribution in [0.2, 0.25) is 0 Å². The van der Waals surface area contributed by atoms with Gasteiger partial charge < -0.3 is 10.6 Å². The Morgan fingerprint density at radius 1 is 1.22 bits per heavy atom. The van der Waals surface area contributed by atoms with Crippen molar-refractivity contribution in [2.45, 2.75) is 51.0 Å².